The van der Waals surface area contributed by atoms with Crippen molar-refractivity contribution in [3.05, 3.63) is 18.2 Å². The summed E-state index contributed by atoms with van der Waals surface area (Å²) in [5.41, 5.74) is 0. The van der Waals surface area contributed by atoms with Gasteiger partial charge in [-0.2, -0.15) is 0 Å². The normalized spacial score (nSPS) is 12.0. The Morgan fingerprint density at radius 3 is 2.70 bits per heavy atom. The van der Waals surface area contributed by atoms with Crippen LogP contribution >= 0.6 is 0 Å². The molecule has 0 bridgehead atoms. The van der Waals surface area contributed by atoms with Crippen molar-refractivity contribution >= 4 is 16.2 Å². The summed E-state index contributed by atoms with van der Waals surface area (Å²) in [5, 5.41) is 11.6. The van der Waals surface area contributed by atoms with Gasteiger partial charge in [0.05, 0.1) is 19.8 Å². The second kappa shape index (κ2) is 8.23. The molecule has 116 valence electrons. The maximum atomic E-state index is 11.4. The number of halogens is 1. The number of oxime groups is 1. The fourth-order valence-corrected chi connectivity index (χ4v) is 2.85. The summed E-state index contributed by atoms with van der Waals surface area (Å²) in [5.74, 6) is 0.755. The first kappa shape index (κ1) is 18.9. The van der Waals surface area contributed by atoms with Crippen LogP contribution in [-0.2, 0) is 23.6 Å². The standard InChI is InChI=1S/C11H20N4O3S.ClH/c1-4-15(19(3,17)18)7-5-6-14-9-8-13(2)11(14)10-12-16;/h8-10H,4-7H2,1-3H3;1H. The van der Waals surface area contributed by atoms with Crippen LogP contribution in [-0.4, -0.2) is 48.1 Å². The average Bonchev–Trinajstić information content (AvgIpc) is 2.66. The molecule has 20 heavy (non-hydrogen) atoms. The van der Waals surface area contributed by atoms with E-state index in [0.29, 0.717) is 26.1 Å². The van der Waals surface area contributed by atoms with Gasteiger partial charge < -0.3 is 17.6 Å². The molecule has 0 saturated carbocycles. The van der Waals surface area contributed by atoms with Crippen LogP contribution in [0.4, 0.5) is 0 Å². The fraction of sp³-hybridized carbons (Fsp3) is 0.636. The molecular weight excluding hydrogens is 304 g/mol. The van der Waals surface area contributed by atoms with Gasteiger partial charge >= 0.3 is 5.82 Å². The van der Waals surface area contributed by atoms with Gasteiger partial charge in [-0.25, -0.2) is 21.9 Å². The number of hydrogen-bond acceptors (Lipinski definition) is 4. The molecule has 1 aromatic heterocycles. The summed E-state index contributed by atoms with van der Waals surface area (Å²) in [6.45, 7) is 3.44. The van der Waals surface area contributed by atoms with Gasteiger partial charge in [0.25, 0.3) is 0 Å². The third-order valence-electron chi connectivity index (χ3n) is 2.93. The molecule has 0 aliphatic heterocycles. The van der Waals surface area contributed by atoms with E-state index in [0.717, 1.165) is 5.82 Å². The molecule has 9 heteroatoms. The molecule has 1 heterocycles. The first-order valence-electron chi connectivity index (χ1n) is 6.07. The van der Waals surface area contributed by atoms with Crippen LogP contribution in [0.2, 0.25) is 0 Å². The van der Waals surface area contributed by atoms with E-state index in [4.69, 9.17) is 5.21 Å². The maximum Gasteiger partial charge on any atom is 0.303 e. The molecule has 0 amide bonds. The predicted molar refractivity (Wildman–Crippen MR) is 71.7 cm³/mol. The number of imidazole rings is 1. The predicted octanol–water partition coefficient (Wildman–Crippen LogP) is -3.20. The second-order valence-electron chi connectivity index (χ2n) is 4.31. The molecule has 0 atom stereocenters. The Bertz CT molecular complexity index is 542. The highest BCUT2D eigenvalue weighted by molar-refractivity contribution is 7.88. The van der Waals surface area contributed by atoms with Crippen LogP contribution in [0.15, 0.2) is 17.5 Å². The van der Waals surface area contributed by atoms with Gasteiger partial charge in [0.1, 0.15) is 12.4 Å². The minimum Gasteiger partial charge on any atom is -1.00 e. The van der Waals surface area contributed by atoms with E-state index in [2.05, 4.69) is 5.16 Å². The minimum atomic E-state index is -3.13. The third kappa shape index (κ3) is 5.10. The first-order chi connectivity index (χ1) is 8.90. The summed E-state index contributed by atoms with van der Waals surface area (Å²) < 4.78 is 28.1. The summed E-state index contributed by atoms with van der Waals surface area (Å²) in [7, 11) is -1.28. The van der Waals surface area contributed by atoms with Gasteiger partial charge in [0, 0.05) is 13.1 Å². The molecular formula is C11H21ClN4O3S. The zero-order valence-corrected chi connectivity index (χ0v) is 13.5. The summed E-state index contributed by atoms with van der Waals surface area (Å²) >= 11 is 0. The summed E-state index contributed by atoms with van der Waals surface area (Å²) in [6, 6.07) is 0. The number of nitrogens with zero attached hydrogens (tertiary/aromatic N) is 4. The van der Waals surface area contributed by atoms with E-state index >= 15 is 0 Å². The molecule has 0 aliphatic carbocycles. The molecule has 0 saturated heterocycles. The van der Waals surface area contributed by atoms with Crippen molar-refractivity contribution in [2.75, 3.05) is 19.3 Å². The van der Waals surface area contributed by atoms with Crippen molar-refractivity contribution in [1.82, 2.24) is 8.87 Å². The largest absolute Gasteiger partial charge is 1.00 e. The number of rotatable bonds is 7. The summed E-state index contributed by atoms with van der Waals surface area (Å²) in [4.78, 5) is 0. The fourth-order valence-electron chi connectivity index (χ4n) is 1.92. The minimum absolute atomic E-state index is 0. The SMILES string of the molecule is CCN(CCCn1cc[n+](C)c1/C=N/O)S(C)(=O)=O.[Cl-]. The smallest absolute Gasteiger partial charge is 0.303 e. The van der Waals surface area contributed by atoms with Crippen molar-refractivity contribution in [1.29, 1.82) is 0 Å². The van der Waals surface area contributed by atoms with Crippen molar-refractivity contribution in [2.24, 2.45) is 12.2 Å². The monoisotopic (exact) mass is 324 g/mol. The van der Waals surface area contributed by atoms with Crippen LogP contribution in [0, 0.1) is 0 Å². The van der Waals surface area contributed by atoms with Gasteiger partial charge in [-0.05, 0) is 6.42 Å². The van der Waals surface area contributed by atoms with Crippen LogP contribution in [0.3, 0.4) is 0 Å². The van der Waals surface area contributed by atoms with Crippen LogP contribution in [0.25, 0.3) is 0 Å². The Morgan fingerprint density at radius 1 is 1.55 bits per heavy atom. The molecule has 0 aliphatic rings. The van der Waals surface area contributed by atoms with Gasteiger partial charge in [-0.15, -0.1) is 0 Å². The molecule has 0 radical (unpaired) electrons. The lowest BCUT2D eigenvalue weighted by molar-refractivity contribution is -0.671. The van der Waals surface area contributed by atoms with Gasteiger partial charge in [-0.1, -0.05) is 12.1 Å². The average molecular weight is 325 g/mol. The zero-order chi connectivity index (χ0) is 14.5. The van der Waals surface area contributed by atoms with Gasteiger partial charge in [0.15, 0.2) is 6.21 Å². The van der Waals surface area contributed by atoms with Crippen LogP contribution < -0.4 is 17.0 Å². The molecule has 1 aromatic rings. The molecule has 7 nitrogen and oxygen atoms in total. The number of sulfonamides is 1. The highest BCUT2D eigenvalue weighted by Gasteiger charge is 2.16. The lowest BCUT2D eigenvalue weighted by Crippen LogP contribution is -3.00. The lowest BCUT2D eigenvalue weighted by Gasteiger charge is -2.16. The highest BCUT2D eigenvalue weighted by atomic mass is 35.5. The molecule has 1 rings (SSSR count). The van der Waals surface area contributed by atoms with Crippen molar-refractivity contribution in [2.45, 2.75) is 19.9 Å². The Morgan fingerprint density at radius 2 is 2.20 bits per heavy atom. The molecule has 0 unspecified atom stereocenters. The van der Waals surface area contributed by atoms with E-state index in [1.54, 1.807) is 0 Å². The molecule has 0 aromatic carbocycles. The summed E-state index contributed by atoms with van der Waals surface area (Å²) in [6.07, 6.45) is 6.99. The number of hydrogen-bond donors (Lipinski definition) is 1. The van der Waals surface area contributed by atoms with Crippen molar-refractivity contribution < 1.29 is 30.6 Å². The van der Waals surface area contributed by atoms with E-state index in [-0.39, 0.29) is 12.4 Å². The number of aromatic nitrogens is 2. The topological polar surface area (TPSA) is 78.8 Å². The van der Waals surface area contributed by atoms with E-state index in [1.165, 1.54) is 16.8 Å². The Balaban J connectivity index is 0.00000361. The Labute approximate surface area is 126 Å². The maximum absolute atomic E-state index is 11.4. The lowest BCUT2D eigenvalue weighted by atomic mass is 10.4. The Kier molecular flexibility index (Phi) is 7.77. The Hall–Kier alpha value is -1.12. The second-order valence-corrected chi connectivity index (χ2v) is 6.30. The van der Waals surface area contributed by atoms with E-state index in [9.17, 15) is 8.42 Å². The third-order valence-corrected chi connectivity index (χ3v) is 4.31. The molecule has 0 fully saturated rings. The quantitative estimate of drug-likeness (QED) is 0.248. The van der Waals surface area contributed by atoms with E-state index in [1.807, 2.05) is 35.5 Å². The highest BCUT2D eigenvalue weighted by Crippen LogP contribution is 2.02. The van der Waals surface area contributed by atoms with E-state index < -0.39 is 10.0 Å². The van der Waals surface area contributed by atoms with Gasteiger partial charge in [-0.3, -0.25) is 0 Å². The van der Waals surface area contributed by atoms with Crippen molar-refractivity contribution in [3.63, 3.8) is 0 Å². The van der Waals surface area contributed by atoms with Crippen molar-refractivity contribution in [3.8, 4) is 0 Å². The van der Waals surface area contributed by atoms with Gasteiger partial charge in [0.2, 0.25) is 10.0 Å². The number of aryl methyl sites for hydroxylation is 2. The first-order valence-corrected chi connectivity index (χ1v) is 7.92. The molecule has 1 N–H and O–H groups in total. The van der Waals surface area contributed by atoms with Crippen LogP contribution in [0.5, 0.6) is 0 Å². The molecule has 0 spiro atoms. The van der Waals surface area contributed by atoms with Crippen LogP contribution in [0.1, 0.15) is 19.2 Å². The zero-order valence-electron chi connectivity index (χ0n) is 11.9.